The Morgan fingerprint density at radius 2 is 0.900 bits per heavy atom. The summed E-state index contributed by atoms with van der Waals surface area (Å²) in [6.07, 6.45) is 1.41. The van der Waals surface area contributed by atoms with Crippen molar-refractivity contribution in [3.63, 3.8) is 0 Å². The lowest BCUT2D eigenvalue weighted by Gasteiger charge is -2.08. The van der Waals surface area contributed by atoms with E-state index < -0.39 is 35.0 Å². The van der Waals surface area contributed by atoms with Crippen molar-refractivity contribution in [3.05, 3.63) is 23.3 Å². The largest absolute Gasteiger partial charge is 0.466 e. The van der Waals surface area contributed by atoms with Crippen molar-refractivity contribution < 1.29 is 38.1 Å². The molecule has 0 aliphatic carbocycles. The van der Waals surface area contributed by atoms with Crippen molar-refractivity contribution in [1.29, 1.82) is 0 Å². The van der Waals surface area contributed by atoms with E-state index in [9.17, 15) is 19.2 Å². The van der Waals surface area contributed by atoms with Crippen molar-refractivity contribution in [1.82, 2.24) is 0 Å². The summed E-state index contributed by atoms with van der Waals surface area (Å²) in [5.74, 6) is -3.86. The van der Waals surface area contributed by atoms with E-state index in [1.54, 1.807) is 0 Å². The van der Waals surface area contributed by atoms with Gasteiger partial charge in [-0.2, -0.15) is 0 Å². The molecule has 8 nitrogen and oxygen atoms in total. The number of esters is 4. The first-order chi connectivity index (χ1) is 9.40. The minimum absolute atomic E-state index is 0.489. The van der Waals surface area contributed by atoms with Crippen LogP contribution in [0, 0.1) is 0 Å². The van der Waals surface area contributed by atoms with E-state index in [2.05, 4.69) is 18.9 Å². The van der Waals surface area contributed by atoms with E-state index in [1.165, 1.54) is 0 Å². The van der Waals surface area contributed by atoms with Gasteiger partial charge in [0, 0.05) is 12.2 Å². The van der Waals surface area contributed by atoms with Gasteiger partial charge in [0.2, 0.25) is 0 Å². The predicted molar refractivity (Wildman–Crippen MR) is 64.2 cm³/mol. The molecule has 0 aliphatic heterocycles. The molecule has 0 fully saturated rings. The third-order valence-corrected chi connectivity index (χ3v) is 2.03. The minimum atomic E-state index is -1.02. The number of carbonyl (C=O) groups is 4. The summed E-state index contributed by atoms with van der Waals surface area (Å²) in [6, 6.07) is 0. The summed E-state index contributed by atoms with van der Waals surface area (Å²) in [5, 5.41) is 0. The zero-order chi connectivity index (χ0) is 15.7. The highest BCUT2D eigenvalue weighted by atomic mass is 16.5. The number of hydrogen-bond acceptors (Lipinski definition) is 8. The maximum atomic E-state index is 11.6. The van der Waals surface area contributed by atoms with Gasteiger partial charge in [-0.15, -0.1) is 0 Å². The predicted octanol–water partition coefficient (Wildman–Crippen LogP) is -0.469. The standard InChI is InChI=1S/C12H14O8/c1-17-9(13)5-7(11(15)19-3)8(12(16)20-4)6-10(14)18-2/h5-6H,1-4H3/b7-5-,8-6-. The Bertz CT molecular complexity index is 428. The molecule has 20 heavy (non-hydrogen) atoms. The van der Waals surface area contributed by atoms with E-state index in [-0.39, 0.29) is 0 Å². The smallest absolute Gasteiger partial charge is 0.339 e. The van der Waals surface area contributed by atoms with Crippen molar-refractivity contribution in [2.45, 2.75) is 0 Å². The van der Waals surface area contributed by atoms with Gasteiger partial charge in [-0.05, 0) is 0 Å². The van der Waals surface area contributed by atoms with Crippen LogP contribution >= 0.6 is 0 Å². The molecule has 8 heteroatoms. The third-order valence-electron chi connectivity index (χ3n) is 2.03. The van der Waals surface area contributed by atoms with Crippen LogP contribution in [-0.4, -0.2) is 52.3 Å². The highest BCUT2D eigenvalue weighted by Crippen LogP contribution is 2.14. The molecule has 0 aromatic carbocycles. The van der Waals surface area contributed by atoms with Gasteiger partial charge < -0.3 is 18.9 Å². The van der Waals surface area contributed by atoms with Gasteiger partial charge in [0.05, 0.1) is 39.6 Å². The maximum absolute atomic E-state index is 11.6. The van der Waals surface area contributed by atoms with Gasteiger partial charge in [0.1, 0.15) is 0 Å². The van der Waals surface area contributed by atoms with E-state index in [0.29, 0.717) is 12.2 Å². The Hall–Kier alpha value is -2.64. The molecular weight excluding hydrogens is 272 g/mol. The van der Waals surface area contributed by atoms with Gasteiger partial charge >= 0.3 is 23.9 Å². The Labute approximate surface area is 114 Å². The topological polar surface area (TPSA) is 105 Å². The summed E-state index contributed by atoms with van der Waals surface area (Å²) < 4.78 is 17.6. The molecule has 0 aliphatic rings. The molecule has 0 saturated carbocycles. The molecular formula is C12H14O8. The van der Waals surface area contributed by atoms with E-state index in [4.69, 9.17) is 0 Å². The van der Waals surface area contributed by atoms with Crippen LogP contribution < -0.4 is 0 Å². The zero-order valence-electron chi connectivity index (χ0n) is 11.4. The van der Waals surface area contributed by atoms with Crippen molar-refractivity contribution in [2.24, 2.45) is 0 Å². The molecule has 0 radical (unpaired) electrons. The lowest BCUT2D eigenvalue weighted by molar-refractivity contribution is -0.140. The van der Waals surface area contributed by atoms with Crippen LogP contribution in [0.4, 0.5) is 0 Å². The van der Waals surface area contributed by atoms with Gasteiger partial charge in [0.25, 0.3) is 0 Å². The number of ether oxygens (including phenoxy) is 4. The molecule has 0 bridgehead atoms. The first kappa shape index (κ1) is 17.4. The van der Waals surface area contributed by atoms with Crippen LogP contribution in [0.5, 0.6) is 0 Å². The normalized spacial score (nSPS) is 11.4. The minimum Gasteiger partial charge on any atom is -0.466 e. The molecule has 0 N–H and O–H groups in total. The fraction of sp³-hybridized carbons (Fsp3) is 0.333. The average molecular weight is 286 g/mol. The molecule has 0 atom stereocenters. The quantitative estimate of drug-likeness (QED) is 0.289. The number of methoxy groups -OCH3 is 4. The van der Waals surface area contributed by atoms with Crippen molar-refractivity contribution >= 4 is 23.9 Å². The fourth-order valence-electron chi connectivity index (χ4n) is 1.07. The molecule has 0 saturated heterocycles. The molecule has 0 rings (SSSR count). The Morgan fingerprint density at radius 3 is 1.10 bits per heavy atom. The summed E-state index contributed by atoms with van der Waals surface area (Å²) in [5.41, 5.74) is -0.979. The van der Waals surface area contributed by atoms with E-state index >= 15 is 0 Å². The van der Waals surface area contributed by atoms with Gasteiger partial charge in [0.15, 0.2) is 0 Å². The second-order valence-corrected chi connectivity index (χ2v) is 3.15. The molecule has 0 aromatic rings. The summed E-state index contributed by atoms with van der Waals surface area (Å²) in [7, 11) is 4.24. The van der Waals surface area contributed by atoms with Crippen LogP contribution in [0.15, 0.2) is 23.3 Å². The van der Waals surface area contributed by atoms with Crippen molar-refractivity contribution in [2.75, 3.05) is 28.4 Å². The zero-order valence-corrected chi connectivity index (χ0v) is 11.4. The second kappa shape index (κ2) is 8.46. The second-order valence-electron chi connectivity index (χ2n) is 3.15. The van der Waals surface area contributed by atoms with Crippen molar-refractivity contribution in [3.8, 4) is 0 Å². The van der Waals surface area contributed by atoms with Crippen LogP contribution in [0.3, 0.4) is 0 Å². The van der Waals surface area contributed by atoms with E-state index in [0.717, 1.165) is 28.4 Å². The molecule has 0 spiro atoms. The molecule has 0 heterocycles. The van der Waals surface area contributed by atoms with Crippen LogP contribution in [0.1, 0.15) is 0 Å². The lowest BCUT2D eigenvalue weighted by Crippen LogP contribution is -2.18. The highest BCUT2D eigenvalue weighted by Gasteiger charge is 2.25. The average Bonchev–Trinajstić information content (AvgIpc) is 2.48. The van der Waals surface area contributed by atoms with Crippen LogP contribution in [0.25, 0.3) is 0 Å². The molecule has 110 valence electrons. The monoisotopic (exact) mass is 286 g/mol. The first-order valence-electron chi connectivity index (χ1n) is 5.17. The summed E-state index contributed by atoms with van der Waals surface area (Å²) >= 11 is 0. The molecule has 0 aromatic heterocycles. The van der Waals surface area contributed by atoms with E-state index in [1.807, 2.05) is 0 Å². The Kier molecular flexibility index (Phi) is 7.34. The van der Waals surface area contributed by atoms with Gasteiger partial charge in [-0.3, -0.25) is 0 Å². The Morgan fingerprint density at radius 1 is 0.600 bits per heavy atom. The fourth-order valence-corrected chi connectivity index (χ4v) is 1.07. The SMILES string of the molecule is COC(=O)/C=C(C(=O)OC)/C(=C/C(=O)OC)C(=O)OC. The molecule has 0 amide bonds. The summed E-state index contributed by atoms with van der Waals surface area (Å²) in [4.78, 5) is 45.6. The maximum Gasteiger partial charge on any atom is 0.339 e. The summed E-state index contributed by atoms with van der Waals surface area (Å²) in [6.45, 7) is 0. The molecule has 0 unspecified atom stereocenters. The third kappa shape index (κ3) is 4.92. The highest BCUT2D eigenvalue weighted by molar-refractivity contribution is 6.12. The number of hydrogen-bond donors (Lipinski definition) is 0. The Balaban J connectivity index is 5.89. The number of carbonyl (C=O) groups excluding carboxylic acids is 4. The van der Waals surface area contributed by atoms with Gasteiger partial charge in [-0.25, -0.2) is 19.2 Å². The van der Waals surface area contributed by atoms with Gasteiger partial charge in [-0.1, -0.05) is 0 Å². The number of rotatable bonds is 5. The van der Waals surface area contributed by atoms with Crippen LogP contribution in [-0.2, 0) is 38.1 Å². The lowest BCUT2D eigenvalue weighted by atomic mass is 10.1. The first-order valence-corrected chi connectivity index (χ1v) is 5.17. The van der Waals surface area contributed by atoms with Crippen LogP contribution in [0.2, 0.25) is 0 Å².